The number of aromatic nitrogens is 4. The van der Waals surface area contributed by atoms with Gasteiger partial charge in [-0.25, -0.2) is 0 Å². The first-order chi connectivity index (χ1) is 13.1. The zero-order valence-electron chi connectivity index (χ0n) is 15.1. The number of halogens is 1. The molecule has 27 heavy (non-hydrogen) atoms. The zero-order chi connectivity index (χ0) is 18.8. The van der Waals surface area contributed by atoms with Crippen LogP contribution in [-0.4, -0.2) is 50.8 Å². The lowest BCUT2D eigenvalue weighted by Crippen LogP contribution is -2.41. The molecule has 2 aromatic heterocycles. The summed E-state index contributed by atoms with van der Waals surface area (Å²) in [5.41, 5.74) is 1.77. The third-order valence-electron chi connectivity index (χ3n) is 5.00. The fourth-order valence-corrected chi connectivity index (χ4v) is 3.75. The van der Waals surface area contributed by atoms with E-state index in [1.54, 1.807) is 15.7 Å². The average Bonchev–Trinajstić information content (AvgIpc) is 3.15. The average molecular weight is 385 g/mol. The molecule has 8 heteroatoms. The van der Waals surface area contributed by atoms with Crippen molar-refractivity contribution < 1.29 is 4.79 Å². The predicted molar refractivity (Wildman–Crippen MR) is 104 cm³/mol. The Kier molecular flexibility index (Phi) is 4.94. The van der Waals surface area contributed by atoms with Crippen molar-refractivity contribution in [1.29, 1.82) is 0 Å². The van der Waals surface area contributed by atoms with Crippen molar-refractivity contribution in [1.82, 2.24) is 24.7 Å². The van der Waals surface area contributed by atoms with E-state index in [2.05, 4.69) is 20.2 Å². The van der Waals surface area contributed by atoms with Gasteiger partial charge in [0.2, 0.25) is 5.91 Å². The van der Waals surface area contributed by atoms with E-state index < -0.39 is 0 Å². The van der Waals surface area contributed by atoms with Crippen molar-refractivity contribution >= 4 is 29.0 Å². The maximum Gasteiger partial charge on any atom is 0.225 e. The summed E-state index contributed by atoms with van der Waals surface area (Å²) < 4.78 is 1.67. The Bertz CT molecular complexity index is 950. The van der Waals surface area contributed by atoms with E-state index in [1.807, 2.05) is 43.4 Å². The molecular formula is C19H21ClN6O. The number of piperidine rings is 1. The number of hydrogen-bond donors (Lipinski definition) is 0. The first-order valence-electron chi connectivity index (χ1n) is 9.01. The molecule has 1 aliphatic rings. The van der Waals surface area contributed by atoms with Gasteiger partial charge in [0.25, 0.3) is 0 Å². The monoisotopic (exact) mass is 384 g/mol. The number of benzene rings is 1. The molecule has 0 atom stereocenters. The molecule has 0 bridgehead atoms. The van der Waals surface area contributed by atoms with Crippen molar-refractivity contribution in [2.75, 3.05) is 25.0 Å². The van der Waals surface area contributed by atoms with Gasteiger partial charge in [0.15, 0.2) is 5.65 Å². The number of rotatable bonds is 4. The van der Waals surface area contributed by atoms with Crippen LogP contribution in [0.1, 0.15) is 18.4 Å². The molecule has 0 radical (unpaired) electrons. The second-order valence-corrected chi connectivity index (χ2v) is 7.35. The van der Waals surface area contributed by atoms with E-state index in [4.69, 9.17) is 11.6 Å². The number of hydrogen-bond acceptors (Lipinski definition) is 5. The summed E-state index contributed by atoms with van der Waals surface area (Å²) in [5, 5.41) is 13.1. The zero-order valence-corrected chi connectivity index (χ0v) is 15.9. The van der Waals surface area contributed by atoms with Crippen molar-refractivity contribution in [2.24, 2.45) is 5.92 Å². The van der Waals surface area contributed by atoms with E-state index in [-0.39, 0.29) is 11.8 Å². The maximum atomic E-state index is 12.8. The van der Waals surface area contributed by atoms with Crippen LogP contribution in [0, 0.1) is 5.92 Å². The minimum atomic E-state index is 0.0454. The van der Waals surface area contributed by atoms with Crippen molar-refractivity contribution in [2.45, 2.75) is 19.4 Å². The van der Waals surface area contributed by atoms with E-state index >= 15 is 0 Å². The van der Waals surface area contributed by atoms with Crippen LogP contribution in [0.2, 0.25) is 5.02 Å². The van der Waals surface area contributed by atoms with Crippen LogP contribution in [0.25, 0.3) is 5.65 Å². The molecule has 7 nitrogen and oxygen atoms in total. The van der Waals surface area contributed by atoms with Gasteiger partial charge in [-0.2, -0.15) is 4.52 Å². The fourth-order valence-electron chi connectivity index (χ4n) is 3.54. The highest BCUT2D eigenvalue weighted by molar-refractivity contribution is 6.30. The summed E-state index contributed by atoms with van der Waals surface area (Å²) in [6.45, 7) is 2.19. The molecule has 0 N–H and O–H groups in total. The SMILES string of the molecule is CN(Cc1cccc(Cl)c1)C(=O)C1CCN(c2ccc3nncn3n2)CC1. The predicted octanol–water partition coefficient (Wildman–Crippen LogP) is 2.65. The van der Waals surface area contributed by atoms with Crippen molar-refractivity contribution in [3.05, 3.63) is 53.3 Å². The molecule has 3 heterocycles. The Hall–Kier alpha value is -2.67. The van der Waals surface area contributed by atoms with Crippen LogP contribution < -0.4 is 4.90 Å². The topological polar surface area (TPSA) is 66.6 Å². The Labute approximate surface area is 162 Å². The number of amides is 1. The number of nitrogens with zero attached hydrogens (tertiary/aromatic N) is 6. The molecular weight excluding hydrogens is 364 g/mol. The minimum absolute atomic E-state index is 0.0454. The highest BCUT2D eigenvalue weighted by Gasteiger charge is 2.28. The second-order valence-electron chi connectivity index (χ2n) is 6.91. The molecule has 0 spiro atoms. The molecule has 0 unspecified atom stereocenters. The fraction of sp³-hybridized carbons (Fsp3) is 0.368. The lowest BCUT2D eigenvalue weighted by atomic mass is 9.95. The standard InChI is InChI=1S/C19H21ClN6O/c1-24(12-14-3-2-4-16(20)11-14)19(27)15-7-9-25(10-8-15)18-6-5-17-22-21-13-26(17)23-18/h2-6,11,13,15H,7-10,12H2,1H3. The number of anilines is 1. The minimum Gasteiger partial charge on any atom is -0.355 e. The largest absolute Gasteiger partial charge is 0.355 e. The highest BCUT2D eigenvalue weighted by Crippen LogP contribution is 2.24. The van der Waals surface area contributed by atoms with Gasteiger partial charge in [-0.3, -0.25) is 4.79 Å². The van der Waals surface area contributed by atoms with Crippen LogP contribution in [0.5, 0.6) is 0 Å². The van der Waals surface area contributed by atoms with Crippen LogP contribution in [0.15, 0.2) is 42.7 Å². The van der Waals surface area contributed by atoms with Gasteiger partial charge in [-0.1, -0.05) is 23.7 Å². The van der Waals surface area contributed by atoms with Gasteiger partial charge in [0, 0.05) is 37.6 Å². The van der Waals surface area contributed by atoms with E-state index in [1.165, 1.54) is 0 Å². The lowest BCUT2D eigenvalue weighted by molar-refractivity contribution is -0.135. The summed E-state index contributed by atoms with van der Waals surface area (Å²) in [7, 11) is 1.86. The summed E-state index contributed by atoms with van der Waals surface area (Å²) in [5.74, 6) is 1.13. The first kappa shape index (κ1) is 17.7. The van der Waals surface area contributed by atoms with Gasteiger partial charge in [-0.15, -0.1) is 15.3 Å². The third-order valence-corrected chi connectivity index (χ3v) is 5.24. The lowest BCUT2D eigenvalue weighted by Gasteiger charge is -2.33. The molecule has 1 fully saturated rings. The molecule has 4 rings (SSSR count). The third kappa shape index (κ3) is 3.88. The number of fused-ring (bicyclic) bond motifs is 1. The summed E-state index contributed by atoms with van der Waals surface area (Å²) >= 11 is 6.04. The van der Waals surface area contributed by atoms with Crippen molar-refractivity contribution in [3.63, 3.8) is 0 Å². The Balaban J connectivity index is 1.35. The molecule has 0 saturated carbocycles. The Morgan fingerprint density at radius 3 is 2.85 bits per heavy atom. The van der Waals surface area contributed by atoms with Crippen LogP contribution in [-0.2, 0) is 11.3 Å². The second kappa shape index (κ2) is 7.52. The molecule has 0 aliphatic carbocycles. The number of carbonyl (C=O) groups is 1. The first-order valence-corrected chi connectivity index (χ1v) is 9.39. The number of carbonyl (C=O) groups excluding carboxylic acids is 1. The van der Waals surface area contributed by atoms with Gasteiger partial charge in [0.05, 0.1) is 0 Å². The molecule has 3 aromatic rings. The van der Waals surface area contributed by atoms with Gasteiger partial charge in [-0.05, 0) is 42.7 Å². The van der Waals surface area contributed by atoms with E-state index in [0.29, 0.717) is 11.6 Å². The molecule has 1 saturated heterocycles. The Morgan fingerprint density at radius 2 is 2.07 bits per heavy atom. The molecule has 140 valence electrons. The highest BCUT2D eigenvalue weighted by atomic mass is 35.5. The molecule has 1 aliphatic heterocycles. The van der Waals surface area contributed by atoms with E-state index in [0.717, 1.165) is 43.0 Å². The van der Waals surface area contributed by atoms with Gasteiger partial charge >= 0.3 is 0 Å². The van der Waals surface area contributed by atoms with Gasteiger partial charge < -0.3 is 9.80 Å². The summed E-state index contributed by atoms with van der Waals surface area (Å²) in [6, 6.07) is 11.5. The Morgan fingerprint density at radius 1 is 1.26 bits per heavy atom. The summed E-state index contributed by atoms with van der Waals surface area (Å²) in [6.07, 6.45) is 3.24. The van der Waals surface area contributed by atoms with E-state index in [9.17, 15) is 4.79 Å². The quantitative estimate of drug-likeness (QED) is 0.691. The molecule has 1 aromatic carbocycles. The van der Waals surface area contributed by atoms with Crippen LogP contribution in [0.3, 0.4) is 0 Å². The smallest absolute Gasteiger partial charge is 0.225 e. The maximum absolute atomic E-state index is 12.8. The normalized spacial score (nSPS) is 15.3. The summed E-state index contributed by atoms with van der Waals surface area (Å²) in [4.78, 5) is 16.8. The molecule has 1 amide bonds. The van der Waals surface area contributed by atoms with Crippen molar-refractivity contribution in [3.8, 4) is 0 Å². The van der Waals surface area contributed by atoms with Crippen LogP contribution >= 0.6 is 11.6 Å². The van der Waals surface area contributed by atoms with Gasteiger partial charge in [0.1, 0.15) is 12.1 Å². The van der Waals surface area contributed by atoms with Crippen LogP contribution in [0.4, 0.5) is 5.82 Å².